The first-order chi connectivity index (χ1) is 19.6. The van der Waals surface area contributed by atoms with Crippen LogP contribution in [0.25, 0.3) is 0 Å². The number of nitrogens with zero attached hydrogens (tertiary/aromatic N) is 3. The van der Waals surface area contributed by atoms with Crippen molar-refractivity contribution in [2.24, 2.45) is 5.10 Å². The number of rotatable bonds is 8. The molecule has 2 aliphatic heterocycles. The maximum Gasteiger partial charge on any atom is 0.249 e. The summed E-state index contributed by atoms with van der Waals surface area (Å²) in [5.74, 6) is -1.34. The summed E-state index contributed by atoms with van der Waals surface area (Å²) in [5, 5.41) is 10.5. The van der Waals surface area contributed by atoms with Gasteiger partial charge in [-0.25, -0.2) is 13.8 Å². The molecule has 0 spiro atoms. The van der Waals surface area contributed by atoms with E-state index in [9.17, 15) is 9.18 Å². The smallest absolute Gasteiger partial charge is 0.249 e. The summed E-state index contributed by atoms with van der Waals surface area (Å²) in [4.78, 5) is 16.7. The molecule has 0 radical (unpaired) electrons. The van der Waals surface area contributed by atoms with Crippen molar-refractivity contribution in [2.75, 3.05) is 37.8 Å². The third kappa shape index (κ3) is 5.68. The van der Waals surface area contributed by atoms with Gasteiger partial charge in [0.2, 0.25) is 5.91 Å². The summed E-state index contributed by atoms with van der Waals surface area (Å²) in [5.41, 5.74) is 0.753. The minimum Gasteiger partial charge on any atom is -0.465 e. The standard InChI is InChI=1S/C31H37F2N4O3P/c1-5-21-9-12-26(40-21)28-29(23-10-8-20(32)16-24(23)33)35-37(25-11-7-19(3)15-27(25)41)31(28,4)30(38)34-17-22-18-36(6-2)13-14-39-22/h7-12,15-16,22,28H,5-6,13-14,17-18,41H2,1-4H3,(H,34,38). The molecule has 2 aliphatic rings. The van der Waals surface area contributed by atoms with E-state index < -0.39 is 23.1 Å². The predicted octanol–water partition coefficient (Wildman–Crippen LogP) is 4.53. The lowest BCUT2D eigenvalue weighted by Crippen LogP contribution is -2.59. The number of morpholine rings is 1. The summed E-state index contributed by atoms with van der Waals surface area (Å²) >= 11 is 0. The van der Waals surface area contributed by atoms with Crippen molar-refractivity contribution in [3.63, 3.8) is 0 Å². The molecule has 0 saturated carbocycles. The molecular weight excluding hydrogens is 545 g/mol. The minimum absolute atomic E-state index is 0.110. The van der Waals surface area contributed by atoms with E-state index in [-0.39, 0.29) is 23.3 Å². The normalized spacial score (nSPS) is 23.1. The second kappa shape index (κ2) is 12.0. The van der Waals surface area contributed by atoms with E-state index in [4.69, 9.17) is 14.3 Å². The Bertz CT molecular complexity index is 1460. The maximum atomic E-state index is 15.3. The molecular formula is C31H37F2N4O3P. The number of aryl methyl sites for hydroxylation is 2. The fraction of sp³-hybridized carbons (Fsp3) is 0.419. The quantitative estimate of drug-likeness (QED) is 0.396. The number of hydrazone groups is 1. The largest absolute Gasteiger partial charge is 0.465 e. The number of nitrogens with one attached hydrogen (secondary N) is 1. The van der Waals surface area contributed by atoms with Gasteiger partial charge in [-0.1, -0.05) is 25.5 Å². The van der Waals surface area contributed by atoms with Crippen molar-refractivity contribution in [3.05, 3.63) is 82.8 Å². The molecule has 0 aliphatic carbocycles. The lowest BCUT2D eigenvalue weighted by Gasteiger charge is -2.38. The average molecular weight is 583 g/mol. The average Bonchev–Trinajstić information content (AvgIpc) is 3.54. The Balaban J connectivity index is 1.62. The van der Waals surface area contributed by atoms with Crippen molar-refractivity contribution < 1.29 is 22.7 Å². The zero-order valence-corrected chi connectivity index (χ0v) is 25.1. The van der Waals surface area contributed by atoms with Gasteiger partial charge in [-0.15, -0.1) is 9.24 Å². The molecule has 4 unspecified atom stereocenters. The van der Waals surface area contributed by atoms with Crippen molar-refractivity contribution in [2.45, 2.75) is 51.7 Å². The molecule has 1 fully saturated rings. The number of benzene rings is 2. The Morgan fingerprint density at radius 3 is 2.66 bits per heavy atom. The Kier molecular flexibility index (Phi) is 8.60. The number of hydrogen-bond donors (Lipinski definition) is 1. The molecule has 4 atom stereocenters. The van der Waals surface area contributed by atoms with Crippen LogP contribution in [0.1, 0.15) is 49.3 Å². The number of amides is 1. The van der Waals surface area contributed by atoms with Gasteiger partial charge in [-0.2, -0.15) is 5.10 Å². The highest BCUT2D eigenvalue weighted by molar-refractivity contribution is 7.28. The number of carbonyl (C=O) groups is 1. The zero-order valence-electron chi connectivity index (χ0n) is 23.9. The first-order valence-electron chi connectivity index (χ1n) is 14.1. The summed E-state index contributed by atoms with van der Waals surface area (Å²) < 4.78 is 41.5. The van der Waals surface area contributed by atoms with E-state index in [0.717, 1.165) is 42.3 Å². The number of halogens is 2. The van der Waals surface area contributed by atoms with E-state index >= 15 is 4.39 Å². The molecule has 10 heteroatoms. The number of carbonyl (C=O) groups excluding carboxylic acids is 1. The monoisotopic (exact) mass is 582 g/mol. The van der Waals surface area contributed by atoms with Crippen molar-refractivity contribution >= 4 is 31.9 Å². The summed E-state index contributed by atoms with van der Waals surface area (Å²) in [6.45, 7) is 11.2. The molecule has 3 heterocycles. The molecule has 2 aromatic carbocycles. The Morgan fingerprint density at radius 2 is 1.98 bits per heavy atom. The highest BCUT2D eigenvalue weighted by atomic mass is 31.0. The van der Waals surface area contributed by atoms with Crippen molar-refractivity contribution in [1.82, 2.24) is 10.2 Å². The molecule has 7 nitrogen and oxygen atoms in total. The number of furan rings is 1. The second-order valence-electron chi connectivity index (χ2n) is 10.8. The molecule has 218 valence electrons. The third-order valence-corrected chi connectivity index (χ3v) is 8.50. The van der Waals surface area contributed by atoms with Gasteiger partial charge in [0, 0.05) is 37.7 Å². The van der Waals surface area contributed by atoms with Crippen LogP contribution in [0, 0.1) is 18.6 Å². The lowest BCUT2D eigenvalue weighted by atomic mass is 9.78. The van der Waals surface area contributed by atoms with E-state index in [1.807, 2.05) is 44.2 Å². The van der Waals surface area contributed by atoms with Gasteiger partial charge in [-0.05, 0) is 62.1 Å². The van der Waals surface area contributed by atoms with E-state index in [0.29, 0.717) is 31.0 Å². The highest BCUT2D eigenvalue weighted by Crippen LogP contribution is 2.45. The van der Waals surface area contributed by atoms with E-state index in [1.54, 1.807) is 11.9 Å². The van der Waals surface area contributed by atoms with Crippen LogP contribution < -0.4 is 15.6 Å². The van der Waals surface area contributed by atoms with Gasteiger partial charge >= 0.3 is 0 Å². The highest BCUT2D eigenvalue weighted by Gasteiger charge is 2.56. The van der Waals surface area contributed by atoms with E-state index in [2.05, 4.69) is 26.4 Å². The number of anilines is 1. The fourth-order valence-electron chi connectivity index (χ4n) is 5.69. The van der Waals surface area contributed by atoms with Gasteiger partial charge in [0.15, 0.2) is 5.54 Å². The molecule has 1 amide bonds. The topological polar surface area (TPSA) is 70.3 Å². The summed E-state index contributed by atoms with van der Waals surface area (Å²) in [6.07, 6.45) is 0.489. The molecule has 5 rings (SSSR count). The number of hydrogen-bond acceptors (Lipinski definition) is 6. The van der Waals surface area contributed by atoms with Crippen LogP contribution in [-0.4, -0.2) is 60.9 Å². The molecule has 3 aromatic rings. The first kappa shape index (κ1) is 29.4. The summed E-state index contributed by atoms with van der Waals surface area (Å²) in [7, 11) is 2.71. The van der Waals surface area contributed by atoms with Crippen molar-refractivity contribution in [1.29, 1.82) is 0 Å². The van der Waals surface area contributed by atoms with Gasteiger partial charge < -0.3 is 14.5 Å². The van der Waals surface area contributed by atoms with Crippen LogP contribution in [-0.2, 0) is 16.0 Å². The third-order valence-electron chi connectivity index (χ3n) is 8.04. The second-order valence-corrected chi connectivity index (χ2v) is 11.4. The first-order valence-corrected chi connectivity index (χ1v) is 14.6. The Hall–Kier alpha value is -3.13. The van der Waals surface area contributed by atoms with E-state index in [1.165, 1.54) is 12.1 Å². The van der Waals surface area contributed by atoms with Crippen LogP contribution in [0.2, 0.25) is 0 Å². The molecule has 1 aromatic heterocycles. The molecule has 1 saturated heterocycles. The van der Waals surface area contributed by atoms with Gasteiger partial charge in [0.25, 0.3) is 0 Å². The minimum atomic E-state index is -1.36. The fourth-order valence-corrected chi connectivity index (χ4v) is 6.17. The molecule has 0 bridgehead atoms. The Labute approximate surface area is 242 Å². The van der Waals surface area contributed by atoms with Crippen molar-refractivity contribution in [3.8, 4) is 0 Å². The van der Waals surface area contributed by atoms with Crippen LogP contribution >= 0.6 is 9.24 Å². The SMILES string of the molecule is CCc1ccc(C2C(c3ccc(F)cc3F)=NN(c3ccc(C)cc3P)C2(C)C(=O)NCC2CN(CC)CCO2)o1. The van der Waals surface area contributed by atoms with Crippen LogP contribution in [0.15, 0.2) is 58.0 Å². The van der Waals surface area contributed by atoms with Crippen LogP contribution in [0.4, 0.5) is 14.5 Å². The predicted molar refractivity (Wildman–Crippen MR) is 160 cm³/mol. The molecule has 1 N–H and O–H groups in total. The molecule has 41 heavy (non-hydrogen) atoms. The van der Waals surface area contributed by atoms with Crippen LogP contribution in [0.5, 0.6) is 0 Å². The van der Waals surface area contributed by atoms with Gasteiger partial charge in [-0.3, -0.25) is 9.69 Å². The Morgan fingerprint density at radius 1 is 1.17 bits per heavy atom. The number of ether oxygens (including phenoxy) is 1. The van der Waals surface area contributed by atoms with Gasteiger partial charge in [0.1, 0.15) is 23.2 Å². The summed E-state index contributed by atoms with van der Waals surface area (Å²) in [6, 6.07) is 12.9. The van der Waals surface area contributed by atoms with Gasteiger partial charge in [0.05, 0.1) is 30.0 Å². The lowest BCUT2D eigenvalue weighted by molar-refractivity contribution is -0.127. The maximum absolute atomic E-state index is 15.3. The zero-order chi connectivity index (χ0) is 29.3. The van der Waals surface area contributed by atoms with Crippen LogP contribution in [0.3, 0.4) is 0 Å². The number of likely N-dealkylation sites (N-methyl/N-ethyl adjacent to an activating group) is 1.